The van der Waals surface area contributed by atoms with E-state index in [1.807, 2.05) is 13.1 Å². The van der Waals surface area contributed by atoms with Crippen molar-refractivity contribution in [2.75, 3.05) is 19.8 Å². The predicted molar refractivity (Wildman–Crippen MR) is 64.4 cm³/mol. The number of nitrogens with zero attached hydrogens (tertiary/aromatic N) is 2. The molecule has 0 atom stereocenters. The summed E-state index contributed by atoms with van der Waals surface area (Å²) in [5.74, 6) is -0.0470. The van der Waals surface area contributed by atoms with Gasteiger partial charge in [-0.2, -0.15) is 5.10 Å². The van der Waals surface area contributed by atoms with Gasteiger partial charge in [0.2, 0.25) is 5.91 Å². The molecule has 0 aliphatic carbocycles. The summed E-state index contributed by atoms with van der Waals surface area (Å²) in [5, 5.41) is 6.77. The van der Waals surface area contributed by atoms with Crippen LogP contribution in [0, 0.1) is 3.57 Å². The van der Waals surface area contributed by atoms with Crippen LogP contribution in [-0.2, 0) is 16.1 Å². The molecular weight excluding hydrogens is 309 g/mol. The predicted octanol–water partition coefficient (Wildman–Crippen LogP) is 0.640. The molecule has 0 aromatic carbocycles. The lowest BCUT2D eigenvalue weighted by Crippen LogP contribution is -2.30. The van der Waals surface area contributed by atoms with Crippen molar-refractivity contribution in [2.45, 2.75) is 13.5 Å². The van der Waals surface area contributed by atoms with E-state index >= 15 is 0 Å². The highest BCUT2D eigenvalue weighted by Crippen LogP contribution is 2.00. The zero-order valence-electron chi connectivity index (χ0n) is 8.57. The molecule has 0 spiro atoms. The van der Waals surface area contributed by atoms with E-state index in [1.54, 1.807) is 10.9 Å². The molecule has 1 amide bonds. The Morgan fingerprint density at radius 3 is 3.13 bits per heavy atom. The molecule has 0 unspecified atom stereocenters. The Balaban J connectivity index is 2.18. The first kappa shape index (κ1) is 12.4. The summed E-state index contributed by atoms with van der Waals surface area (Å²) in [4.78, 5) is 11.4. The van der Waals surface area contributed by atoms with E-state index in [0.29, 0.717) is 19.8 Å². The maximum atomic E-state index is 11.4. The van der Waals surface area contributed by atoms with E-state index in [2.05, 4.69) is 33.0 Å². The number of hydrogen-bond acceptors (Lipinski definition) is 3. The van der Waals surface area contributed by atoms with Gasteiger partial charge in [0, 0.05) is 19.3 Å². The quantitative estimate of drug-likeness (QED) is 0.617. The highest BCUT2D eigenvalue weighted by Gasteiger charge is 2.02. The van der Waals surface area contributed by atoms with Crippen molar-refractivity contribution in [2.24, 2.45) is 0 Å². The third-order valence-corrected chi connectivity index (χ3v) is 2.24. The van der Waals surface area contributed by atoms with Gasteiger partial charge in [-0.05, 0) is 29.5 Å². The van der Waals surface area contributed by atoms with Gasteiger partial charge in [0.15, 0.2) is 0 Å². The fourth-order valence-electron chi connectivity index (χ4n) is 1.03. The van der Waals surface area contributed by atoms with Crippen molar-refractivity contribution in [3.05, 3.63) is 16.0 Å². The molecule has 0 aliphatic heterocycles. The number of amides is 1. The molecule has 0 saturated heterocycles. The molecule has 0 radical (unpaired) electrons. The summed E-state index contributed by atoms with van der Waals surface area (Å²) in [6.07, 6.45) is 3.54. The van der Waals surface area contributed by atoms with Gasteiger partial charge in [0.05, 0.1) is 16.4 Å². The van der Waals surface area contributed by atoms with E-state index in [0.717, 1.165) is 3.57 Å². The van der Waals surface area contributed by atoms with E-state index in [-0.39, 0.29) is 12.5 Å². The van der Waals surface area contributed by atoms with Crippen LogP contribution in [0.2, 0.25) is 0 Å². The molecule has 0 fully saturated rings. The summed E-state index contributed by atoms with van der Waals surface area (Å²) in [6.45, 7) is 3.96. The molecule has 84 valence electrons. The molecule has 1 rings (SSSR count). The zero-order chi connectivity index (χ0) is 11.1. The zero-order valence-corrected chi connectivity index (χ0v) is 10.7. The lowest BCUT2D eigenvalue weighted by molar-refractivity contribution is -0.122. The van der Waals surface area contributed by atoms with Crippen LogP contribution in [-0.4, -0.2) is 35.4 Å². The minimum absolute atomic E-state index is 0.0470. The molecule has 1 heterocycles. The maximum Gasteiger partial charge on any atom is 0.241 e. The van der Waals surface area contributed by atoms with Crippen LogP contribution in [0.3, 0.4) is 0 Å². The molecule has 6 heteroatoms. The maximum absolute atomic E-state index is 11.4. The lowest BCUT2D eigenvalue weighted by atomic mass is 10.5. The number of halogens is 1. The lowest BCUT2D eigenvalue weighted by Gasteiger charge is -2.04. The van der Waals surface area contributed by atoms with Gasteiger partial charge in [0.1, 0.15) is 6.54 Å². The second-order valence-corrected chi connectivity index (χ2v) is 4.15. The second kappa shape index (κ2) is 6.78. The largest absolute Gasteiger partial charge is 0.380 e. The second-order valence-electron chi connectivity index (χ2n) is 2.90. The first-order chi connectivity index (χ1) is 7.22. The van der Waals surface area contributed by atoms with Crippen LogP contribution in [0.15, 0.2) is 12.4 Å². The number of ether oxygens (including phenoxy) is 1. The number of rotatable bonds is 6. The van der Waals surface area contributed by atoms with Gasteiger partial charge in [0.25, 0.3) is 0 Å². The minimum Gasteiger partial charge on any atom is -0.380 e. The molecule has 0 saturated carbocycles. The molecule has 1 aromatic rings. The van der Waals surface area contributed by atoms with Crippen LogP contribution < -0.4 is 5.32 Å². The first-order valence-corrected chi connectivity index (χ1v) is 5.82. The SMILES string of the molecule is CCOCCNC(=O)Cn1cc(I)cn1. The fraction of sp³-hybridized carbons (Fsp3) is 0.556. The van der Waals surface area contributed by atoms with Gasteiger partial charge >= 0.3 is 0 Å². The number of aromatic nitrogens is 2. The average molecular weight is 323 g/mol. The normalized spacial score (nSPS) is 10.3. The average Bonchev–Trinajstić information content (AvgIpc) is 2.59. The van der Waals surface area contributed by atoms with Crippen molar-refractivity contribution in [1.82, 2.24) is 15.1 Å². The van der Waals surface area contributed by atoms with Gasteiger partial charge in [-0.25, -0.2) is 0 Å². The molecule has 1 aromatic heterocycles. The summed E-state index contributed by atoms with van der Waals surface area (Å²) in [6, 6.07) is 0. The molecular formula is C9H14IN3O2. The van der Waals surface area contributed by atoms with Crippen molar-refractivity contribution >= 4 is 28.5 Å². The Labute approximate surface area is 102 Å². The Hall–Kier alpha value is -0.630. The van der Waals surface area contributed by atoms with Crippen LogP contribution in [0.4, 0.5) is 0 Å². The highest BCUT2D eigenvalue weighted by atomic mass is 127. The smallest absolute Gasteiger partial charge is 0.241 e. The molecule has 0 aliphatic rings. The van der Waals surface area contributed by atoms with Crippen molar-refractivity contribution < 1.29 is 9.53 Å². The number of hydrogen-bond donors (Lipinski definition) is 1. The van der Waals surface area contributed by atoms with Crippen LogP contribution in [0.1, 0.15) is 6.92 Å². The summed E-state index contributed by atoms with van der Waals surface area (Å²) >= 11 is 2.15. The van der Waals surface area contributed by atoms with Gasteiger partial charge < -0.3 is 10.1 Å². The Morgan fingerprint density at radius 1 is 1.73 bits per heavy atom. The third kappa shape index (κ3) is 5.12. The van der Waals surface area contributed by atoms with E-state index in [9.17, 15) is 4.79 Å². The highest BCUT2D eigenvalue weighted by molar-refractivity contribution is 14.1. The van der Waals surface area contributed by atoms with Gasteiger partial charge in [-0.15, -0.1) is 0 Å². The van der Waals surface area contributed by atoms with E-state index in [1.165, 1.54) is 0 Å². The summed E-state index contributed by atoms with van der Waals surface area (Å²) < 4.78 is 7.73. The van der Waals surface area contributed by atoms with Crippen molar-refractivity contribution in [3.8, 4) is 0 Å². The molecule has 1 N–H and O–H groups in total. The fourth-order valence-corrected chi connectivity index (χ4v) is 1.48. The molecule has 0 bridgehead atoms. The number of nitrogens with one attached hydrogen (secondary N) is 1. The Kier molecular flexibility index (Phi) is 5.62. The van der Waals surface area contributed by atoms with E-state index < -0.39 is 0 Å². The van der Waals surface area contributed by atoms with E-state index in [4.69, 9.17) is 4.74 Å². The molecule has 5 nitrogen and oxygen atoms in total. The Bertz CT molecular complexity index is 314. The standard InChI is InChI=1S/C9H14IN3O2/c1-2-15-4-3-11-9(14)7-13-6-8(10)5-12-13/h5-6H,2-4,7H2,1H3,(H,11,14). The van der Waals surface area contributed by atoms with Crippen LogP contribution >= 0.6 is 22.6 Å². The van der Waals surface area contributed by atoms with Gasteiger partial charge in [-0.3, -0.25) is 9.48 Å². The van der Waals surface area contributed by atoms with Crippen LogP contribution in [0.25, 0.3) is 0 Å². The summed E-state index contributed by atoms with van der Waals surface area (Å²) in [5.41, 5.74) is 0. The monoisotopic (exact) mass is 323 g/mol. The Morgan fingerprint density at radius 2 is 2.53 bits per heavy atom. The van der Waals surface area contributed by atoms with Gasteiger partial charge in [-0.1, -0.05) is 0 Å². The topological polar surface area (TPSA) is 56.1 Å². The first-order valence-electron chi connectivity index (χ1n) is 4.74. The third-order valence-electron chi connectivity index (χ3n) is 1.68. The minimum atomic E-state index is -0.0470. The van der Waals surface area contributed by atoms with Crippen LogP contribution in [0.5, 0.6) is 0 Å². The molecule has 15 heavy (non-hydrogen) atoms. The summed E-state index contributed by atoms with van der Waals surface area (Å²) in [7, 11) is 0. The number of carbonyl (C=O) groups is 1. The number of carbonyl (C=O) groups excluding carboxylic acids is 1. The van der Waals surface area contributed by atoms with Crippen molar-refractivity contribution in [3.63, 3.8) is 0 Å². The van der Waals surface area contributed by atoms with Crippen molar-refractivity contribution in [1.29, 1.82) is 0 Å².